The van der Waals surface area contributed by atoms with E-state index in [0.717, 1.165) is 34.0 Å². The summed E-state index contributed by atoms with van der Waals surface area (Å²) in [5, 5.41) is 6.42. The Morgan fingerprint density at radius 2 is 1.65 bits per heavy atom. The molecule has 5 fully saturated rings. The number of carbonyl (C=O) groups is 3. The Morgan fingerprint density at radius 3 is 2.38 bits per heavy atom. The lowest BCUT2D eigenvalue weighted by atomic mass is 9.53. The van der Waals surface area contributed by atoms with Gasteiger partial charge in [0.05, 0.1) is 0 Å². The SMILES string of the molecule is O=C1CCC(N2Cc3c(SCCCCCCCNC45CC6CC(CC(C6)C4)C5)cccc3C2=O)C(=O)N1. The number of hydrogen-bond acceptors (Lipinski definition) is 5. The van der Waals surface area contributed by atoms with E-state index < -0.39 is 6.04 Å². The van der Waals surface area contributed by atoms with E-state index in [4.69, 9.17) is 0 Å². The molecule has 4 saturated carbocycles. The highest BCUT2D eigenvalue weighted by Crippen LogP contribution is 2.55. The maximum absolute atomic E-state index is 13.0. The summed E-state index contributed by atoms with van der Waals surface area (Å²) in [6.07, 6.45) is 15.9. The molecule has 1 saturated heterocycles. The summed E-state index contributed by atoms with van der Waals surface area (Å²) in [5.41, 5.74) is 2.25. The Labute approximate surface area is 225 Å². The average molecular weight is 524 g/mol. The fourth-order valence-corrected chi connectivity index (χ4v) is 9.40. The normalized spacial score (nSPS) is 32.2. The molecular formula is C30H41N3O3S. The van der Waals surface area contributed by atoms with Gasteiger partial charge in [0.2, 0.25) is 11.8 Å². The van der Waals surface area contributed by atoms with Crippen molar-refractivity contribution in [2.45, 2.75) is 106 Å². The standard InChI is InChI=1S/C30H41N3O3S/c34-27-10-9-25(28(35)32-27)33-19-24-23(29(33)36)7-6-8-26(24)37-12-5-3-1-2-4-11-31-30-16-20-13-21(17-30)15-22(14-20)18-30/h6-8,20-22,25,31H,1-5,9-19H2,(H,32,34,35). The molecular weight excluding hydrogens is 482 g/mol. The molecule has 200 valence electrons. The van der Waals surface area contributed by atoms with Crippen LogP contribution in [-0.2, 0) is 16.1 Å². The van der Waals surface area contributed by atoms with Crippen molar-refractivity contribution in [3.05, 3.63) is 29.3 Å². The first-order chi connectivity index (χ1) is 18.0. The van der Waals surface area contributed by atoms with Gasteiger partial charge in [0.1, 0.15) is 6.04 Å². The van der Waals surface area contributed by atoms with Crippen LogP contribution in [0.5, 0.6) is 0 Å². The molecule has 4 bridgehead atoms. The van der Waals surface area contributed by atoms with E-state index in [2.05, 4.69) is 16.7 Å². The van der Waals surface area contributed by atoms with Gasteiger partial charge in [0, 0.05) is 29.0 Å². The van der Waals surface area contributed by atoms with Crippen LogP contribution < -0.4 is 10.6 Å². The van der Waals surface area contributed by atoms with E-state index in [1.54, 1.807) is 4.90 Å². The summed E-state index contributed by atoms with van der Waals surface area (Å²) >= 11 is 1.83. The van der Waals surface area contributed by atoms with Crippen LogP contribution in [0.25, 0.3) is 0 Å². The molecule has 1 atom stereocenters. The zero-order chi connectivity index (χ0) is 25.4. The summed E-state index contributed by atoms with van der Waals surface area (Å²) in [7, 11) is 0. The molecule has 0 radical (unpaired) electrons. The van der Waals surface area contributed by atoms with Crippen molar-refractivity contribution < 1.29 is 14.4 Å². The largest absolute Gasteiger partial charge is 0.322 e. The summed E-state index contributed by atoms with van der Waals surface area (Å²) in [4.78, 5) is 39.6. The second-order valence-corrected chi connectivity index (χ2v) is 13.6. The van der Waals surface area contributed by atoms with Crippen molar-refractivity contribution in [2.24, 2.45) is 17.8 Å². The average Bonchev–Trinajstić information content (AvgIpc) is 3.19. The summed E-state index contributed by atoms with van der Waals surface area (Å²) in [6, 6.07) is 5.36. The third kappa shape index (κ3) is 5.36. The fraction of sp³-hybridized carbons (Fsp3) is 0.700. The van der Waals surface area contributed by atoms with Crippen molar-refractivity contribution in [3.63, 3.8) is 0 Å². The molecule has 2 N–H and O–H groups in total. The van der Waals surface area contributed by atoms with Gasteiger partial charge in [-0.15, -0.1) is 11.8 Å². The zero-order valence-corrected chi connectivity index (χ0v) is 22.8. The van der Waals surface area contributed by atoms with Crippen LogP contribution in [-0.4, -0.2) is 46.5 Å². The van der Waals surface area contributed by atoms with Crippen LogP contribution in [0.15, 0.2) is 23.1 Å². The summed E-state index contributed by atoms with van der Waals surface area (Å²) < 4.78 is 0. The first-order valence-electron chi connectivity index (χ1n) is 14.6. The third-order valence-electron chi connectivity index (χ3n) is 9.66. The van der Waals surface area contributed by atoms with Crippen molar-refractivity contribution in [2.75, 3.05) is 12.3 Å². The van der Waals surface area contributed by atoms with Crippen LogP contribution in [0.4, 0.5) is 0 Å². The second kappa shape index (κ2) is 10.7. The lowest BCUT2D eigenvalue weighted by Gasteiger charge is -2.57. The van der Waals surface area contributed by atoms with E-state index in [9.17, 15) is 14.4 Å². The molecule has 1 aromatic carbocycles. The number of unbranched alkanes of at least 4 members (excludes halogenated alkanes) is 4. The molecule has 4 aliphatic carbocycles. The first kappa shape index (κ1) is 25.4. The van der Waals surface area contributed by atoms with E-state index in [-0.39, 0.29) is 24.1 Å². The van der Waals surface area contributed by atoms with Crippen molar-refractivity contribution in [3.8, 4) is 0 Å². The van der Waals surface area contributed by atoms with Gasteiger partial charge in [-0.25, -0.2) is 0 Å². The molecule has 7 rings (SSSR count). The first-order valence-corrected chi connectivity index (χ1v) is 15.6. The maximum atomic E-state index is 13.0. The minimum Gasteiger partial charge on any atom is -0.322 e. The van der Waals surface area contributed by atoms with Crippen LogP contribution in [0.2, 0.25) is 0 Å². The number of benzene rings is 1. The molecule has 1 unspecified atom stereocenters. The summed E-state index contributed by atoms with van der Waals surface area (Å²) in [6.45, 7) is 1.65. The van der Waals surface area contributed by atoms with Gasteiger partial charge in [-0.2, -0.15) is 0 Å². The van der Waals surface area contributed by atoms with E-state index in [0.29, 0.717) is 24.1 Å². The molecule has 6 aliphatic rings. The molecule has 0 spiro atoms. The number of rotatable bonds is 11. The number of nitrogens with zero attached hydrogens (tertiary/aromatic N) is 1. The van der Waals surface area contributed by atoms with Crippen molar-refractivity contribution in [1.29, 1.82) is 0 Å². The van der Waals surface area contributed by atoms with E-state index in [1.165, 1.54) is 77.2 Å². The number of piperidine rings is 1. The number of carbonyl (C=O) groups excluding carboxylic acids is 3. The molecule has 1 aromatic rings. The van der Waals surface area contributed by atoms with Crippen molar-refractivity contribution in [1.82, 2.24) is 15.5 Å². The Balaban J connectivity index is 0.896. The Bertz CT molecular complexity index is 1020. The molecule has 2 heterocycles. The van der Waals surface area contributed by atoms with Gasteiger partial charge in [-0.1, -0.05) is 25.3 Å². The predicted octanol–water partition coefficient (Wildman–Crippen LogP) is 5.05. The highest BCUT2D eigenvalue weighted by atomic mass is 32.2. The smallest absolute Gasteiger partial charge is 0.255 e. The van der Waals surface area contributed by atoms with Crippen LogP contribution >= 0.6 is 11.8 Å². The van der Waals surface area contributed by atoms with E-state index >= 15 is 0 Å². The Hall–Kier alpha value is -1.86. The minimum absolute atomic E-state index is 0.0888. The van der Waals surface area contributed by atoms with Crippen molar-refractivity contribution >= 4 is 29.5 Å². The Kier molecular flexibility index (Phi) is 7.37. The van der Waals surface area contributed by atoms with Crippen LogP contribution in [0.3, 0.4) is 0 Å². The van der Waals surface area contributed by atoms with Gasteiger partial charge in [-0.3, -0.25) is 19.7 Å². The molecule has 7 heteroatoms. The number of fused-ring (bicyclic) bond motifs is 1. The number of thioether (sulfide) groups is 1. The fourth-order valence-electron chi connectivity index (χ4n) is 8.31. The maximum Gasteiger partial charge on any atom is 0.255 e. The van der Waals surface area contributed by atoms with Gasteiger partial charge in [0.15, 0.2) is 0 Å². The number of nitrogens with one attached hydrogen (secondary N) is 2. The van der Waals surface area contributed by atoms with Crippen LogP contribution in [0.1, 0.15) is 99.4 Å². The molecule has 0 aromatic heterocycles. The van der Waals surface area contributed by atoms with Gasteiger partial charge < -0.3 is 10.2 Å². The Morgan fingerprint density at radius 1 is 0.946 bits per heavy atom. The van der Waals surface area contributed by atoms with Gasteiger partial charge >= 0.3 is 0 Å². The number of amides is 3. The monoisotopic (exact) mass is 523 g/mol. The predicted molar refractivity (Wildman–Crippen MR) is 145 cm³/mol. The minimum atomic E-state index is -0.548. The quantitative estimate of drug-likeness (QED) is 0.241. The highest BCUT2D eigenvalue weighted by molar-refractivity contribution is 7.99. The number of imide groups is 1. The van der Waals surface area contributed by atoms with E-state index in [1.807, 2.05) is 23.9 Å². The van der Waals surface area contributed by atoms with Crippen LogP contribution in [0, 0.1) is 17.8 Å². The number of hydrogen-bond donors (Lipinski definition) is 2. The topological polar surface area (TPSA) is 78.5 Å². The van der Waals surface area contributed by atoms with Gasteiger partial charge in [0.25, 0.3) is 5.91 Å². The van der Waals surface area contributed by atoms with Gasteiger partial charge in [-0.05, 0) is 106 Å². The second-order valence-electron chi connectivity index (χ2n) is 12.4. The molecule has 6 nitrogen and oxygen atoms in total. The molecule has 37 heavy (non-hydrogen) atoms. The molecule has 3 amide bonds. The zero-order valence-electron chi connectivity index (χ0n) is 21.9. The highest BCUT2D eigenvalue weighted by Gasteiger charge is 2.50. The lowest BCUT2D eigenvalue weighted by molar-refractivity contribution is -0.136. The third-order valence-corrected chi connectivity index (χ3v) is 10.8. The molecule has 2 aliphatic heterocycles. The lowest BCUT2D eigenvalue weighted by Crippen LogP contribution is -2.58. The summed E-state index contributed by atoms with van der Waals surface area (Å²) in [5.74, 6) is 3.41.